The summed E-state index contributed by atoms with van der Waals surface area (Å²) >= 11 is 0. The Labute approximate surface area is 137 Å². The molecule has 1 aliphatic heterocycles. The normalized spacial score (nSPS) is 17.0. The molecular formula is C15H17F2N5O2. The molecule has 1 saturated heterocycles. The zero-order chi connectivity index (χ0) is 17.0. The monoisotopic (exact) mass is 337 g/mol. The van der Waals surface area contributed by atoms with Crippen molar-refractivity contribution in [2.75, 3.05) is 13.2 Å². The molecule has 1 amide bonds. The van der Waals surface area contributed by atoms with Gasteiger partial charge in [-0.2, -0.15) is 5.10 Å². The van der Waals surface area contributed by atoms with Crippen LogP contribution in [0, 0.1) is 0 Å². The van der Waals surface area contributed by atoms with Gasteiger partial charge in [0.05, 0.1) is 0 Å². The molecule has 9 heteroatoms. The summed E-state index contributed by atoms with van der Waals surface area (Å²) in [5.74, 6) is 0.00378. The van der Waals surface area contributed by atoms with Gasteiger partial charge in [0.2, 0.25) is 0 Å². The summed E-state index contributed by atoms with van der Waals surface area (Å²) < 4.78 is 31.6. The molecule has 2 aromatic heterocycles. The molecule has 2 aromatic rings. The van der Waals surface area contributed by atoms with Crippen molar-refractivity contribution in [3.63, 3.8) is 0 Å². The van der Waals surface area contributed by atoms with Gasteiger partial charge < -0.3 is 10.1 Å². The molecule has 3 heterocycles. The van der Waals surface area contributed by atoms with Gasteiger partial charge in [0.15, 0.2) is 5.82 Å². The molecule has 1 aliphatic rings. The van der Waals surface area contributed by atoms with E-state index in [1.165, 1.54) is 12.3 Å². The number of ether oxygens (including phenoxy) is 1. The number of hydrogen-bond acceptors (Lipinski definition) is 5. The summed E-state index contributed by atoms with van der Waals surface area (Å²) in [4.78, 5) is 21.2. The molecule has 7 nitrogen and oxygen atoms in total. The number of rotatable bonds is 5. The lowest BCUT2D eigenvalue weighted by Crippen LogP contribution is -2.51. The summed E-state index contributed by atoms with van der Waals surface area (Å²) in [7, 11) is 0. The maximum Gasteiger partial charge on any atom is 0.270 e. The molecule has 3 rings (SSSR count). The second-order valence-corrected chi connectivity index (χ2v) is 5.51. The van der Waals surface area contributed by atoms with Gasteiger partial charge in [-0.3, -0.25) is 9.48 Å². The Morgan fingerprint density at radius 1 is 1.29 bits per heavy atom. The zero-order valence-corrected chi connectivity index (χ0v) is 12.9. The maximum atomic E-state index is 12.6. The Bertz CT molecular complexity index is 686. The van der Waals surface area contributed by atoms with E-state index < -0.39 is 24.4 Å². The lowest BCUT2D eigenvalue weighted by molar-refractivity contribution is 0.0309. The molecule has 0 aliphatic carbocycles. The van der Waals surface area contributed by atoms with Gasteiger partial charge >= 0.3 is 0 Å². The van der Waals surface area contributed by atoms with Crippen molar-refractivity contribution in [3.05, 3.63) is 42.2 Å². The summed E-state index contributed by atoms with van der Waals surface area (Å²) in [6.45, 7) is 0.275. The highest BCUT2D eigenvalue weighted by atomic mass is 19.3. The van der Waals surface area contributed by atoms with Crippen molar-refractivity contribution in [2.24, 2.45) is 0 Å². The van der Waals surface area contributed by atoms with Crippen LogP contribution in [0.4, 0.5) is 8.78 Å². The Kier molecular flexibility index (Phi) is 4.79. The Morgan fingerprint density at radius 2 is 2.00 bits per heavy atom. The third-order valence-electron chi connectivity index (χ3n) is 3.95. The van der Waals surface area contributed by atoms with Crippen LogP contribution in [0.5, 0.6) is 0 Å². The van der Waals surface area contributed by atoms with Crippen LogP contribution in [0.1, 0.15) is 29.2 Å². The Hall–Kier alpha value is -2.42. The number of nitrogens with one attached hydrogen (secondary N) is 1. The number of nitrogens with zero attached hydrogens (tertiary/aromatic N) is 4. The van der Waals surface area contributed by atoms with Gasteiger partial charge in [-0.25, -0.2) is 18.7 Å². The predicted octanol–water partition coefficient (Wildman–Crippen LogP) is 1.37. The summed E-state index contributed by atoms with van der Waals surface area (Å²) in [5.41, 5.74) is -0.701. The summed E-state index contributed by atoms with van der Waals surface area (Å²) in [6, 6.07) is 3.10. The van der Waals surface area contributed by atoms with Crippen LogP contribution in [0.3, 0.4) is 0 Å². The number of carbonyl (C=O) groups excluding carboxylic acids is 1. The third-order valence-corrected chi connectivity index (χ3v) is 3.95. The molecular weight excluding hydrogens is 320 g/mol. The van der Waals surface area contributed by atoms with Gasteiger partial charge in [0, 0.05) is 44.6 Å². The summed E-state index contributed by atoms with van der Waals surface area (Å²) in [5, 5.41) is 6.70. The number of halogens is 2. The highest BCUT2D eigenvalue weighted by molar-refractivity contribution is 5.93. The largest absolute Gasteiger partial charge is 0.381 e. The molecule has 0 atom stereocenters. The molecule has 0 bridgehead atoms. The first kappa shape index (κ1) is 16.4. The average Bonchev–Trinajstić information content (AvgIpc) is 3.04. The molecule has 24 heavy (non-hydrogen) atoms. The number of carbonyl (C=O) groups is 1. The lowest BCUT2D eigenvalue weighted by atomic mass is 9.88. The van der Waals surface area contributed by atoms with Crippen LogP contribution in [0.15, 0.2) is 30.7 Å². The zero-order valence-electron chi connectivity index (χ0n) is 12.9. The van der Waals surface area contributed by atoms with Gasteiger partial charge in [0.25, 0.3) is 12.3 Å². The highest BCUT2D eigenvalue weighted by Gasteiger charge is 2.39. The smallest absolute Gasteiger partial charge is 0.270 e. The van der Waals surface area contributed by atoms with E-state index in [0.717, 1.165) is 4.68 Å². The quantitative estimate of drug-likeness (QED) is 0.891. The maximum absolute atomic E-state index is 12.6. The van der Waals surface area contributed by atoms with E-state index in [1.807, 2.05) is 0 Å². The minimum absolute atomic E-state index is 0.0806. The molecule has 0 aromatic carbocycles. The number of aromatic nitrogens is 4. The molecule has 128 valence electrons. The van der Waals surface area contributed by atoms with Crippen molar-refractivity contribution < 1.29 is 18.3 Å². The van der Waals surface area contributed by atoms with E-state index in [9.17, 15) is 13.6 Å². The predicted molar refractivity (Wildman–Crippen MR) is 79.5 cm³/mol. The minimum atomic E-state index is -2.59. The van der Waals surface area contributed by atoms with Crippen molar-refractivity contribution >= 4 is 5.91 Å². The van der Waals surface area contributed by atoms with E-state index in [4.69, 9.17) is 4.74 Å². The topological polar surface area (TPSA) is 81.9 Å². The van der Waals surface area contributed by atoms with Crippen molar-refractivity contribution in [1.82, 2.24) is 25.1 Å². The molecule has 1 N–H and O–H groups in total. The second-order valence-electron chi connectivity index (χ2n) is 5.51. The van der Waals surface area contributed by atoms with E-state index in [2.05, 4.69) is 20.4 Å². The van der Waals surface area contributed by atoms with E-state index in [1.54, 1.807) is 18.5 Å². The number of alkyl halides is 2. The van der Waals surface area contributed by atoms with Crippen LogP contribution in [0.25, 0.3) is 0 Å². The first-order chi connectivity index (χ1) is 11.6. The van der Waals surface area contributed by atoms with Crippen LogP contribution in [0.2, 0.25) is 0 Å². The fraction of sp³-hybridized carbons (Fsp3) is 0.467. The van der Waals surface area contributed by atoms with Crippen LogP contribution in [-0.2, 0) is 16.8 Å². The molecule has 1 fully saturated rings. The summed E-state index contributed by atoms with van der Waals surface area (Å²) in [6.07, 6.45) is 2.95. The molecule has 0 spiro atoms. The van der Waals surface area contributed by atoms with Crippen molar-refractivity contribution in [2.45, 2.75) is 31.4 Å². The fourth-order valence-corrected chi connectivity index (χ4v) is 2.75. The standard InChI is InChI=1S/C15H17F2N5O2/c16-12(17)10-22-11(2-7-20-22)13(23)21-15(3-8-24-9-4-15)14-18-5-1-6-19-14/h1-2,5-7,12H,3-4,8-10H2,(H,21,23). The van der Waals surface area contributed by atoms with E-state index >= 15 is 0 Å². The average molecular weight is 337 g/mol. The third kappa shape index (κ3) is 3.40. The molecule has 0 saturated carbocycles. The van der Waals surface area contributed by atoms with Crippen LogP contribution in [-0.4, -0.2) is 45.3 Å². The minimum Gasteiger partial charge on any atom is -0.381 e. The number of hydrogen-bond donors (Lipinski definition) is 1. The van der Waals surface area contributed by atoms with Crippen molar-refractivity contribution in [3.8, 4) is 0 Å². The highest BCUT2D eigenvalue weighted by Crippen LogP contribution is 2.29. The van der Waals surface area contributed by atoms with Crippen LogP contribution < -0.4 is 5.32 Å². The first-order valence-electron chi connectivity index (χ1n) is 7.58. The van der Waals surface area contributed by atoms with Gasteiger partial charge in [0.1, 0.15) is 17.8 Å². The fourth-order valence-electron chi connectivity index (χ4n) is 2.75. The molecule has 0 radical (unpaired) electrons. The van der Waals surface area contributed by atoms with E-state index in [-0.39, 0.29) is 5.69 Å². The first-order valence-corrected chi connectivity index (χ1v) is 7.58. The van der Waals surface area contributed by atoms with Gasteiger partial charge in [-0.05, 0) is 12.1 Å². The molecule has 0 unspecified atom stereocenters. The van der Waals surface area contributed by atoms with Crippen molar-refractivity contribution in [1.29, 1.82) is 0 Å². The Balaban J connectivity index is 1.86. The van der Waals surface area contributed by atoms with Gasteiger partial charge in [-0.15, -0.1) is 0 Å². The second kappa shape index (κ2) is 7.00. The SMILES string of the molecule is O=C(NC1(c2ncccn2)CCOCC1)c1ccnn1CC(F)F. The van der Waals surface area contributed by atoms with E-state index in [0.29, 0.717) is 31.9 Å². The van der Waals surface area contributed by atoms with Gasteiger partial charge in [-0.1, -0.05) is 0 Å². The van der Waals surface area contributed by atoms with Crippen LogP contribution >= 0.6 is 0 Å². The lowest BCUT2D eigenvalue weighted by Gasteiger charge is -2.36. The Morgan fingerprint density at radius 3 is 2.67 bits per heavy atom. The number of amides is 1.